The third-order valence-corrected chi connectivity index (χ3v) is 4.32. The number of hydrogen-bond acceptors (Lipinski definition) is 8. The lowest BCUT2D eigenvalue weighted by atomic mass is 10.1. The molecule has 3 N–H and O–H groups in total. The molecule has 168 valence electrons. The number of nitrogens with two attached hydrogens (primary N) is 1. The molecule has 0 spiro atoms. The van der Waals surface area contributed by atoms with Crippen LogP contribution < -0.4 is 16.6 Å². The number of para-hydroxylation sites is 1. The third kappa shape index (κ3) is 5.80. The minimum absolute atomic E-state index is 0.0266. The molecule has 0 amide bonds. The highest BCUT2D eigenvalue weighted by Crippen LogP contribution is 2.28. The van der Waals surface area contributed by atoms with E-state index in [4.69, 9.17) is 10.5 Å². The van der Waals surface area contributed by atoms with Crippen LogP contribution in [0.3, 0.4) is 0 Å². The fourth-order valence-corrected chi connectivity index (χ4v) is 2.78. The topological polar surface area (TPSA) is 125 Å². The van der Waals surface area contributed by atoms with Gasteiger partial charge in [0.05, 0.1) is 5.56 Å². The Hall–Kier alpha value is -3.96. The monoisotopic (exact) mass is 448 g/mol. The Morgan fingerprint density at radius 3 is 2.62 bits per heavy atom. The highest BCUT2D eigenvalue weighted by atomic mass is 19.4. The lowest BCUT2D eigenvalue weighted by molar-refractivity contribution is -0.146. The standard InChI is InChI=1S/C20H19F3N6O3/c1-2-12-5-3-4-6-14(12)25-19-27-15(26-18(24)28-19)11-32-17(31)10-29-9-13(20(21,22)23)7-8-16(29)30/h3-9H,2,10-11H2,1H3,(H3,24,25,26,27,28). The molecular formula is C20H19F3N6O3. The third-order valence-electron chi connectivity index (χ3n) is 4.32. The van der Waals surface area contributed by atoms with Crippen molar-refractivity contribution in [2.75, 3.05) is 11.1 Å². The molecule has 0 aliphatic rings. The molecule has 12 heteroatoms. The van der Waals surface area contributed by atoms with Crippen LogP contribution in [0, 0.1) is 0 Å². The largest absolute Gasteiger partial charge is 0.456 e. The first-order valence-electron chi connectivity index (χ1n) is 9.44. The minimum Gasteiger partial charge on any atom is -0.456 e. The summed E-state index contributed by atoms with van der Waals surface area (Å²) in [5.74, 6) is -0.898. The van der Waals surface area contributed by atoms with Gasteiger partial charge in [-0.25, -0.2) is 0 Å². The van der Waals surface area contributed by atoms with Crippen LogP contribution in [0.2, 0.25) is 0 Å². The Morgan fingerprint density at radius 1 is 1.16 bits per heavy atom. The zero-order chi connectivity index (χ0) is 23.3. The van der Waals surface area contributed by atoms with Gasteiger partial charge in [-0.1, -0.05) is 25.1 Å². The van der Waals surface area contributed by atoms with E-state index in [1.807, 2.05) is 31.2 Å². The first-order valence-corrected chi connectivity index (χ1v) is 9.44. The number of nitrogens with zero attached hydrogens (tertiary/aromatic N) is 4. The number of aromatic nitrogens is 4. The van der Waals surface area contributed by atoms with E-state index in [1.54, 1.807) is 0 Å². The van der Waals surface area contributed by atoms with E-state index < -0.39 is 36.4 Å². The zero-order valence-corrected chi connectivity index (χ0v) is 16.9. The highest BCUT2D eigenvalue weighted by Gasteiger charge is 2.31. The second kappa shape index (κ2) is 9.45. The van der Waals surface area contributed by atoms with E-state index in [9.17, 15) is 22.8 Å². The molecule has 0 saturated heterocycles. The van der Waals surface area contributed by atoms with Gasteiger partial charge >= 0.3 is 12.1 Å². The van der Waals surface area contributed by atoms with Gasteiger partial charge in [0.15, 0.2) is 12.4 Å². The predicted octanol–water partition coefficient (Wildman–Crippen LogP) is 2.68. The maximum atomic E-state index is 12.8. The molecule has 0 fully saturated rings. The van der Waals surface area contributed by atoms with Crippen molar-refractivity contribution in [3.8, 4) is 0 Å². The number of nitrogen functional groups attached to an aromatic ring is 1. The molecule has 0 aliphatic carbocycles. The fourth-order valence-electron chi connectivity index (χ4n) is 2.78. The van der Waals surface area contributed by atoms with E-state index in [0.29, 0.717) is 16.8 Å². The van der Waals surface area contributed by atoms with Crippen molar-refractivity contribution in [3.05, 3.63) is 69.9 Å². The molecule has 0 saturated carbocycles. The van der Waals surface area contributed by atoms with Crippen LogP contribution in [0.15, 0.2) is 47.4 Å². The number of ether oxygens (including phenoxy) is 1. The molecule has 0 bridgehead atoms. The fraction of sp³-hybridized carbons (Fsp3) is 0.250. The number of alkyl halides is 3. The van der Waals surface area contributed by atoms with Gasteiger partial charge in [0.25, 0.3) is 5.56 Å². The van der Waals surface area contributed by atoms with Crippen molar-refractivity contribution in [2.45, 2.75) is 32.7 Å². The summed E-state index contributed by atoms with van der Waals surface area (Å²) in [7, 11) is 0. The highest BCUT2D eigenvalue weighted by molar-refractivity contribution is 5.69. The van der Waals surface area contributed by atoms with Crippen LogP contribution in [0.5, 0.6) is 0 Å². The van der Waals surface area contributed by atoms with Crippen LogP contribution >= 0.6 is 0 Å². The molecule has 0 unspecified atom stereocenters. The van der Waals surface area contributed by atoms with Crippen molar-refractivity contribution in [3.63, 3.8) is 0 Å². The smallest absolute Gasteiger partial charge is 0.417 e. The summed E-state index contributed by atoms with van der Waals surface area (Å²) in [4.78, 5) is 35.8. The molecular weight excluding hydrogens is 429 g/mol. The van der Waals surface area contributed by atoms with Crippen LogP contribution in [0.25, 0.3) is 0 Å². The first kappa shape index (κ1) is 22.7. The van der Waals surface area contributed by atoms with Gasteiger partial charge in [-0.05, 0) is 24.1 Å². The minimum atomic E-state index is -4.65. The molecule has 2 heterocycles. The van der Waals surface area contributed by atoms with Crippen molar-refractivity contribution >= 4 is 23.6 Å². The average molecular weight is 448 g/mol. The Morgan fingerprint density at radius 2 is 1.91 bits per heavy atom. The number of esters is 1. The van der Waals surface area contributed by atoms with Crippen LogP contribution in [0.4, 0.5) is 30.8 Å². The lowest BCUT2D eigenvalue weighted by Crippen LogP contribution is -2.26. The Balaban J connectivity index is 1.68. The van der Waals surface area contributed by atoms with Crippen LogP contribution in [0.1, 0.15) is 23.9 Å². The number of pyridine rings is 1. The Bertz CT molecular complexity index is 1180. The van der Waals surface area contributed by atoms with E-state index in [2.05, 4.69) is 20.3 Å². The maximum absolute atomic E-state index is 12.8. The number of rotatable bonds is 7. The van der Waals surface area contributed by atoms with Crippen molar-refractivity contribution < 1.29 is 22.7 Å². The zero-order valence-electron chi connectivity index (χ0n) is 16.9. The summed E-state index contributed by atoms with van der Waals surface area (Å²) in [6, 6.07) is 8.88. The van der Waals surface area contributed by atoms with Gasteiger partial charge in [0.1, 0.15) is 6.54 Å². The molecule has 0 aliphatic heterocycles. The van der Waals surface area contributed by atoms with E-state index in [-0.39, 0.29) is 17.7 Å². The maximum Gasteiger partial charge on any atom is 0.417 e. The van der Waals surface area contributed by atoms with Crippen molar-refractivity contribution in [1.82, 2.24) is 19.5 Å². The summed E-state index contributed by atoms with van der Waals surface area (Å²) >= 11 is 0. The number of benzene rings is 1. The van der Waals surface area contributed by atoms with E-state index in [1.165, 1.54) is 0 Å². The molecule has 0 radical (unpaired) electrons. The number of aryl methyl sites for hydroxylation is 1. The SMILES string of the molecule is CCc1ccccc1Nc1nc(N)nc(COC(=O)Cn2cc(C(F)(F)F)ccc2=O)n1. The quantitative estimate of drug-likeness (QED) is 0.529. The summed E-state index contributed by atoms with van der Waals surface area (Å²) in [6.45, 7) is 0.866. The molecule has 1 aromatic carbocycles. The van der Waals surface area contributed by atoms with Gasteiger partial charge in [-0.2, -0.15) is 28.1 Å². The molecule has 32 heavy (non-hydrogen) atoms. The molecule has 3 aromatic rings. The summed E-state index contributed by atoms with van der Waals surface area (Å²) < 4.78 is 44.1. The van der Waals surface area contributed by atoms with Gasteiger partial charge < -0.3 is 20.4 Å². The second-order valence-electron chi connectivity index (χ2n) is 6.61. The Kier molecular flexibility index (Phi) is 6.71. The lowest BCUT2D eigenvalue weighted by Gasteiger charge is -2.12. The normalized spacial score (nSPS) is 11.2. The predicted molar refractivity (Wildman–Crippen MR) is 109 cm³/mol. The molecule has 9 nitrogen and oxygen atoms in total. The summed E-state index contributed by atoms with van der Waals surface area (Å²) in [6.07, 6.45) is -3.33. The summed E-state index contributed by atoms with van der Waals surface area (Å²) in [5, 5.41) is 3.03. The van der Waals surface area contributed by atoms with Crippen molar-refractivity contribution in [2.24, 2.45) is 0 Å². The van der Waals surface area contributed by atoms with Gasteiger partial charge in [0, 0.05) is 18.0 Å². The van der Waals surface area contributed by atoms with E-state index in [0.717, 1.165) is 23.7 Å². The number of carbonyl (C=O) groups is 1. The van der Waals surface area contributed by atoms with Crippen LogP contribution in [-0.2, 0) is 35.3 Å². The van der Waals surface area contributed by atoms with E-state index >= 15 is 0 Å². The Labute approximate surface area is 180 Å². The van der Waals surface area contributed by atoms with Gasteiger partial charge in [-0.15, -0.1) is 0 Å². The number of anilines is 3. The van der Waals surface area contributed by atoms with Crippen molar-refractivity contribution in [1.29, 1.82) is 0 Å². The number of halogens is 3. The average Bonchev–Trinajstić information content (AvgIpc) is 2.73. The number of hydrogen-bond donors (Lipinski definition) is 2. The number of carbonyl (C=O) groups excluding carboxylic acids is 1. The molecule has 0 atom stereocenters. The second-order valence-corrected chi connectivity index (χ2v) is 6.61. The number of nitrogens with one attached hydrogen (secondary N) is 1. The molecule has 3 rings (SSSR count). The van der Waals surface area contributed by atoms with Gasteiger partial charge in [0.2, 0.25) is 11.9 Å². The summed E-state index contributed by atoms with van der Waals surface area (Å²) in [5.41, 5.74) is 5.65. The molecule has 2 aromatic heterocycles. The van der Waals surface area contributed by atoms with Crippen LogP contribution in [-0.4, -0.2) is 25.5 Å². The first-order chi connectivity index (χ1) is 15.2. The van der Waals surface area contributed by atoms with Gasteiger partial charge in [-0.3, -0.25) is 9.59 Å².